The van der Waals surface area contributed by atoms with E-state index in [4.69, 9.17) is 0 Å². The fourth-order valence-corrected chi connectivity index (χ4v) is 2.44. The fraction of sp³-hybridized carbons (Fsp3) is 0.273. The first-order valence-electron chi connectivity index (χ1n) is 5.13. The summed E-state index contributed by atoms with van der Waals surface area (Å²) in [5, 5.41) is 3.06. The van der Waals surface area contributed by atoms with Gasteiger partial charge in [0, 0.05) is 10.7 Å². The average molecular weight is 361 g/mol. The Labute approximate surface area is 115 Å². The molecule has 0 unspecified atom stereocenters. The van der Waals surface area contributed by atoms with Gasteiger partial charge in [0.05, 0.1) is 5.69 Å². The van der Waals surface area contributed by atoms with Crippen LogP contribution in [0, 0.1) is 0 Å². The van der Waals surface area contributed by atoms with Crippen LogP contribution in [0.1, 0.15) is 25.5 Å². The second-order valence-electron chi connectivity index (χ2n) is 3.97. The average Bonchev–Trinajstić information content (AvgIpc) is 2.58. The zero-order valence-corrected chi connectivity index (χ0v) is 12.5. The van der Waals surface area contributed by atoms with Crippen LogP contribution in [-0.4, -0.2) is 14.8 Å². The Morgan fingerprint density at radius 1 is 1.35 bits per heavy atom. The number of pyridine rings is 1. The minimum Gasteiger partial charge on any atom is -0.292 e. The van der Waals surface area contributed by atoms with E-state index in [1.807, 2.05) is 19.9 Å². The maximum absolute atomic E-state index is 12.0. The predicted octanol–water partition coefficient (Wildman–Crippen LogP) is 3.21. The van der Waals surface area contributed by atoms with Crippen LogP contribution in [0.25, 0.3) is 5.82 Å². The lowest BCUT2D eigenvalue weighted by Crippen LogP contribution is -2.15. The third kappa shape index (κ3) is 2.37. The van der Waals surface area contributed by atoms with Crippen LogP contribution in [0.5, 0.6) is 0 Å². The van der Waals surface area contributed by atoms with Crippen molar-refractivity contribution in [3.8, 4) is 5.82 Å². The van der Waals surface area contributed by atoms with E-state index >= 15 is 0 Å². The van der Waals surface area contributed by atoms with Crippen molar-refractivity contribution < 1.29 is 0 Å². The second-order valence-corrected chi connectivity index (χ2v) is 5.68. The third-order valence-corrected chi connectivity index (χ3v) is 3.61. The lowest BCUT2D eigenvalue weighted by Gasteiger charge is -2.02. The van der Waals surface area contributed by atoms with Crippen molar-refractivity contribution >= 4 is 31.9 Å². The Morgan fingerprint density at radius 2 is 2.06 bits per heavy atom. The van der Waals surface area contributed by atoms with Gasteiger partial charge >= 0.3 is 0 Å². The van der Waals surface area contributed by atoms with Crippen LogP contribution in [-0.2, 0) is 0 Å². The van der Waals surface area contributed by atoms with Crippen molar-refractivity contribution in [1.82, 2.24) is 14.8 Å². The van der Waals surface area contributed by atoms with Gasteiger partial charge in [-0.25, -0.2) is 9.67 Å². The molecule has 0 fully saturated rings. The van der Waals surface area contributed by atoms with Crippen molar-refractivity contribution in [3.63, 3.8) is 0 Å². The number of H-pyrrole nitrogens is 1. The lowest BCUT2D eigenvalue weighted by atomic mass is 10.1. The van der Waals surface area contributed by atoms with E-state index in [-0.39, 0.29) is 11.5 Å². The molecule has 0 radical (unpaired) electrons. The highest BCUT2D eigenvalue weighted by molar-refractivity contribution is 9.10. The van der Waals surface area contributed by atoms with E-state index in [1.54, 1.807) is 12.3 Å². The summed E-state index contributed by atoms with van der Waals surface area (Å²) in [5.41, 5.74) is 0.753. The number of aromatic amines is 1. The van der Waals surface area contributed by atoms with E-state index in [0.29, 0.717) is 10.3 Å². The Hall–Kier alpha value is -0.880. The first-order valence-corrected chi connectivity index (χ1v) is 6.71. The summed E-state index contributed by atoms with van der Waals surface area (Å²) in [6, 6.07) is 3.62. The Morgan fingerprint density at radius 3 is 2.53 bits per heavy atom. The van der Waals surface area contributed by atoms with Crippen molar-refractivity contribution in [1.29, 1.82) is 0 Å². The minimum absolute atomic E-state index is 0.122. The molecule has 4 nitrogen and oxygen atoms in total. The van der Waals surface area contributed by atoms with Gasteiger partial charge in [0.1, 0.15) is 4.47 Å². The van der Waals surface area contributed by atoms with Crippen LogP contribution in [0.2, 0.25) is 0 Å². The highest BCUT2D eigenvalue weighted by Crippen LogP contribution is 2.20. The van der Waals surface area contributed by atoms with E-state index < -0.39 is 0 Å². The molecule has 0 aliphatic rings. The highest BCUT2D eigenvalue weighted by atomic mass is 79.9. The molecular weight excluding hydrogens is 350 g/mol. The Kier molecular flexibility index (Phi) is 3.53. The fourth-order valence-electron chi connectivity index (χ4n) is 1.48. The maximum atomic E-state index is 12.0. The summed E-state index contributed by atoms with van der Waals surface area (Å²) in [5.74, 6) is 0.819. The van der Waals surface area contributed by atoms with Gasteiger partial charge in [-0.2, -0.15) is 0 Å². The quantitative estimate of drug-likeness (QED) is 0.893. The van der Waals surface area contributed by atoms with Crippen LogP contribution < -0.4 is 5.56 Å². The molecule has 0 saturated carbocycles. The summed E-state index contributed by atoms with van der Waals surface area (Å²) in [4.78, 5) is 16.2. The molecule has 6 heteroatoms. The van der Waals surface area contributed by atoms with E-state index in [0.717, 1.165) is 10.2 Å². The highest BCUT2D eigenvalue weighted by Gasteiger charge is 2.15. The third-order valence-electron chi connectivity index (χ3n) is 2.38. The molecule has 0 aliphatic heterocycles. The molecule has 0 amide bonds. The van der Waals surface area contributed by atoms with Gasteiger partial charge in [0.25, 0.3) is 5.56 Å². The normalized spacial score (nSPS) is 11.1. The van der Waals surface area contributed by atoms with Crippen molar-refractivity contribution in [2.45, 2.75) is 19.8 Å². The summed E-state index contributed by atoms with van der Waals surface area (Å²) in [6.45, 7) is 4.05. The molecule has 2 aromatic rings. The van der Waals surface area contributed by atoms with Gasteiger partial charge in [-0.1, -0.05) is 13.8 Å². The topological polar surface area (TPSA) is 50.7 Å². The molecule has 2 rings (SSSR count). The smallest absolute Gasteiger partial charge is 0.287 e. The van der Waals surface area contributed by atoms with Gasteiger partial charge in [-0.15, -0.1) is 0 Å². The van der Waals surface area contributed by atoms with Crippen LogP contribution in [0.3, 0.4) is 0 Å². The molecule has 0 saturated heterocycles. The number of hydrogen-bond acceptors (Lipinski definition) is 2. The molecule has 0 bridgehead atoms. The van der Waals surface area contributed by atoms with Gasteiger partial charge in [-0.3, -0.25) is 9.89 Å². The maximum Gasteiger partial charge on any atom is 0.287 e. The van der Waals surface area contributed by atoms with E-state index in [1.165, 1.54) is 4.68 Å². The van der Waals surface area contributed by atoms with Crippen LogP contribution >= 0.6 is 31.9 Å². The zero-order chi connectivity index (χ0) is 12.6. The van der Waals surface area contributed by atoms with Gasteiger partial charge in [0.15, 0.2) is 5.82 Å². The van der Waals surface area contributed by atoms with Crippen molar-refractivity contribution in [3.05, 3.63) is 43.3 Å². The number of nitrogens with zero attached hydrogens (tertiary/aromatic N) is 2. The van der Waals surface area contributed by atoms with Crippen LogP contribution in [0.15, 0.2) is 32.1 Å². The summed E-state index contributed by atoms with van der Waals surface area (Å²) >= 11 is 6.62. The second kappa shape index (κ2) is 4.78. The van der Waals surface area contributed by atoms with Crippen LogP contribution in [0.4, 0.5) is 0 Å². The number of nitrogens with one attached hydrogen (secondary N) is 1. The number of aromatic nitrogens is 3. The standard InChI is InChI=1S/C11H11Br2N3O/c1-6(2)10-9(13)11(17)16(15-10)8-4-3-7(12)5-14-8/h3-6,15H,1-2H3. The van der Waals surface area contributed by atoms with E-state index in [2.05, 4.69) is 41.9 Å². The Balaban J connectivity index is 2.57. The summed E-state index contributed by atoms with van der Waals surface area (Å²) in [7, 11) is 0. The summed E-state index contributed by atoms with van der Waals surface area (Å²) in [6.07, 6.45) is 1.66. The number of hydrogen-bond donors (Lipinski definition) is 1. The van der Waals surface area contributed by atoms with Crippen molar-refractivity contribution in [2.75, 3.05) is 0 Å². The minimum atomic E-state index is -0.122. The van der Waals surface area contributed by atoms with Gasteiger partial charge in [0.2, 0.25) is 0 Å². The molecule has 90 valence electrons. The molecule has 17 heavy (non-hydrogen) atoms. The monoisotopic (exact) mass is 359 g/mol. The first kappa shape index (κ1) is 12.6. The number of halogens is 2. The number of rotatable bonds is 2. The molecule has 0 aliphatic carbocycles. The first-order chi connectivity index (χ1) is 8.00. The molecule has 2 aromatic heterocycles. The van der Waals surface area contributed by atoms with Gasteiger partial charge < -0.3 is 0 Å². The Bertz CT molecular complexity index is 584. The van der Waals surface area contributed by atoms with E-state index in [9.17, 15) is 4.79 Å². The summed E-state index contributed by atoms with van der Waals surface area (Å²) < 4.78 is 2.88. The molecule has 2 heterocycles. The molecule has 1 N–H and O–H groups in total. The predicted molar refractivity (Wildman–Crippen MR) is 73.7 cm³/mol. The molecule has 0 spiro atoms. The SMILES string of the molecule is CC(C)c1[nH]n(-c2ccc(Br)cn2)c(=O)c1Br. The molecule has 0 atom stereocenters. The lowest BCUT2D eigenvalue weighted by molar-refractivity contribution is 0.747. The van der Waals surface area contributed by atoms with Crippen molar-refractivity contribution in [2.24, 2.45) is 0 Å². The molecule has 0 aromatic carbocycles. The van der Waals surface area contributed by atoms with Gasteiger partial charge in [-0.05, 0) is 49.9 Å². The largest absolute Gasteiger partial charge is 0.292 e. The zero-order valence-electron chi connectivity index (χ0n) is 9.37. The molecular formula is C11H11Br2N3O.